The van der Waals surface area contributed by atoms with Crippen molar-refractivity contribution in [3.05, 3.63) is 64.3 Å². The highest BCUT2D eigenvalue weighted by atomic mass is 35.5. The van der Waals surface area contributed by atoms with Crippen LogP contribution in [0.3, 0.4) is 0 Å². The third-order valence-corrected chi connectivity index (χ3v) is 4.50. The first kappa shape index (κ1) is 20.8. The van der Waals surface area contributed by atoms with Crippen LogP contribution in [0.5, 0.6) is 0 Å². The van der Waals surface area contributed by atoms with Crippen molar-refractivity contribution in [3.63, 3.8) is 0 Å². The number of rotatable bonds is 4. The van der Waals surface area contributed by atoms with Gasteiger partial charge in [0.2, 0.25) is 0 Å². The molecule has 10 heteroatoms. The number of nitrogens with zero attached hydrogens (tertiary/aromatic N) is 2. The second-order valence-corrected chi connectivity index (χ2v) is 6.65. The van der Waals surface area contributed by atoms with E-state index < -0.39 is 41.4 Å². The Labute approximate surface area is 166 Å². The van der Waals surface area contributed by atoms with Gasteiger partial charge in [-0.25, -0.2) is 8.78 Å². The fourth-order valence-corrected chi connectivity index (χ4v) is 3.29. The smallest absolute Gasteiger partial charge is 0.365 e. The van der Waals surface area contributed by atoms with Gasteiger partial charge in [-0.05, 0) is 29.3 Å². The number of halogens is 6. The van der Waals surface area contributed by atoms with E-state index in [1.807, 2.05) is 0 Å². The lowest BCUT2D eigenvalue weighted by Crippen LogP contribution is -2.18. The number of carbonyl (C=O) groups excluding carboxylic acids is 1. The van der Waals surface area contributed by atoms with Crippen molar-refractivity contribution in [2.75, 3.05) is 0 Å². The summed E-state index contributed by atoms with van der Waals surface area (Å²) in [5, 5.41) is 3.52. The van der Waals surface area contributed by atoms with Crippen molar-refractivity contribution >= 4 is 17.5 Å². The number of alkyl halides is 3. The Bertz CT molecular complexity index is 1110. The molecule has 0 atom stereocenters. The Morgan fingerprint density at radius 3 is 2.45 bits per heavy atom. The monoisotopic (exact) mass is 429 g/mol. The second kappa shape index (κ2) is 7.47. The summed E-state index contributed by atoms with van der Waals surface area (Å²) in [5.74, 6) is -2.70. The number of amides is 1. The molecule has 2 aromatic carbocycles. The van der Waals surface area contributed by atoms with E-state index in [0.717, 1.165) is 16.8 Å². The average Bonchev–Trinajstić information content (AvgIpc) is 2.91. The summed E-state index contributed by atoms with van der Waals surface area (Å²) in [7, 11) is 1.27. The van der Waals surface area contributed by atoms with E-state index in [4.69, 9.17) is 17.3 Å². The molecule has 29 heavy (non-hydrogen) atoms. The van der Waals surface area contributed by atoms with E-state index in [1.165, 1.54) is 31.3 Å². The van der Waals surface area contributed by atoms with E-state index in [-0.39, 0.29) is 21.8 Å². The Kier molecular flexibility index (Phi) is 5.36. The molecule has 3 rings (SSSR count). The van der Waals surface area contributed by atoms with E-state index >= 15 is 0 Å². The van der Waals surface area contributed by atoms with E-state index in [0.29, 0.717) is 5.56 Å². The zero-order valence-electron chi connectivity index (χ0n) is 14.8. The normalized spacial score (nSPS) is 11.7. The quantitative estimate of drug-likeness (QED) is 0.600. The molecule has 1 heterocycles. The predicted octanol–water partition coefficient (Wildman–Crippen LogP) is 4.89. The maximum absolute atomic E-state index is 14.8. The summed E-state index contributed by atoms with van der Waals surface area (Å²) in [6, 6.07) is 7.54. The Morgan fingerprint density at radius 1 is 1.17 bits per heavy atom. The number of nitrogens with two attached hydrogens (primary N) is 1. The van der Waals surface area contributed by atoms with E-state index in [9.17, 15) is 26.7 Å². The minimum atomic E-state index is -4.65. The summed E-state index contributed by atoms with van der Waals surface area (Å²) in [6.07, 6.45) is -6.16. The van der Waals surface area contributed by atoms with Crippen LogP contribution in [0.2, 0.25) is 5.02 Å². The van der Waals surface area contributed by atoms with Gasteiger partial charge in [-0.15, -0.1) is 0 Å². The molecule has 0 aliphatic heterocycles. The van der Waals surface area contributed by atoms with Gasteiger partial charge in [0, 0.05) is 12.6 Å². The van der Waals surface area contributed by atoms with Gasteiger partial charge in [0.05, 0.1) is 28.4 Å². The minimum Gasteiger partial charge on any atom is -0.365 e. The number of benzene rings is 2. The highest BCUT2D eigenvalue weighted by Crippen LogP contribution is 2.38. The molecule has 0 fully saturated rings. The molecule has 0 aliphatic carbocycles. The molecule has 0 bridgehead atoms. The molecule has 0 aliphatic rings. The van der Waals surface area contributed by atoms with E-state index in [2.05, 4.69) is 5.10 Å². The van der Waals surface area contributed by atoms with Gasteiger partial charge in [0.1, 0.15) is 11.6 Å². The highest BCUT2D eigenvalue weighted by molar-refractivity contribution is 6.31. The standard InChI is InChI=1S/C19H13ClF5N3O/c1-28-17(16(18(26)29)14(27-28)8-19(23,24)25)15-10(3-2-4-13(15)22)9-5-6-12(21)11(20)7-9/h2-7H,8H2,1H3,(H2,26,29). The van der Waals surface area contributed by atoms with Gasteiger partial charge in [-0.3, -0.25) is 9.48 Å². The largest absolute Gasteiger partial charge is 0.394 e. The molecule has 0 saturated heterocycles. The lowest BCUT2D eigenvalue weighted by atomic mass is 9.94. The fraction of sp³-hybridized carbons (Fsp3) is 0.158. The molecule has 2 N–H and O–H groups in total. The van der Waals surface area contributed by atoms with Crippen molar-refractivity contribution < 1.29 is 26.7 Å². The van der Waals surface area contributed by atoms with Crippen molar-refractivity contribution in [1.29, 1.82) is 0 Å². The molecule has 0 unspecified atom stereocenters. The van der Waals surface area contributed by atoms with Crippen LogP contribution in [-0.4, -0.2) is 21.9 Å². The third-order valence-electron chi connectivity index (χ3n) is 4.22. The second-order valence-electron chi connectivity index (χ2n) is 6.24. The van der Waals surface area contributed by atoms with Gasteiger partial charge in [0.25, 0.3) is 5.91 Å². The first-order valence-corrected chi connectivity index (χ1v) is 8.54. The van der Waals surface area contributed by atoms with Crippen LogP contribution < -0.4 is 5.73 Å². The van der Waals surface area contributed by atoms with Gasteiger partial charge in [-0.1, -0.05) is 29.8 Å². The summed E-state index contributed by atoms with van der Waals surface area (Å²) >= 11 is 5.81. The third kappa shape index (κ3) is 4.09. The number of carbonyl (C=O) groups is 1. The lowest BCUT2D eigenvalue weighted by Gasteiger charge is -2.13. The maximum Gasteiger partial charge on any atom is 0.394 e. The fourth-order valence-electron chi connectivity index (χ4n) is 3.11. The van der Waals surface area contributed by atoms with Crippen LogP contribution in [0.25, 0.3) is 22.4 Å². The SMILES string of the molecule is Cn1nc(CC(F)(F)F)c(C(N)=O)c1-c1c(F)cccc1-c1ccc(F)c(Cl)c1. The Hall–Kier alpha value is -2.94. The zero-order valence-corrected chi connectivity index (χ0v) is 15.6. The molecule has 1 aromatic heterocycles. The summed E-state index contributed by atoms with van der Waals surface area (Å²) < 4.78 is 68.1. The van der Waals surface area contributed by atoms with Crippen molar-refractivity contribution in [3.8, 4) is 22.4 Å². The van der Waals surface area contributed by atoms with Crippen LogP contribution in [0.15, 0.2) is 36.4 Å². The Morgan fingerprint density at radius 2 is 1.86 bits per heavy atom. The molecule has 1 amide bonds. The van der Waals surface area contributed by atoms with Gasteiger partial charge in [0.15, 0.2) is 0 Å². The number of hydrogen-bond acceptors (Lipinski definition) is 2. The van der Waals surface area contributed by atoms with Crippen molar-refractivity contribution in [2.24, 2.45) is 12.8 Å². The van der Waals surface area contributed by atoms with E-state index in [1.54, 1.807) is 0 Å². The average molecular weight is 430 g/mol. The van der Waals surface area contributed by atoms with Gasteiger partial charge < -0.3 is 5.73 Å². The van der Waals surface area contributed by atoms with Crippen LogP contribution in [0, 0.1) is 11.6 Å². The molecule has 3 aromatic rings. The zero-order chi connectivity index (χ0) is 21.5. The summed E-state index contributed by atoms with van der Waals surface area (Å²) in [5.41, 5.74) is 4.21. The van der Waals surface area contributed by atoms with Crippen LogP contribution in [-0.2, 0) is 13.5 Å². The number of primary amides is 1. The summed E-state index contributed by atoms with van der Waals surface area (Å²) in [4.78, 5) is 12.0. The Balaban J connectivity index is 2.32. The molecule has 0 spiro atoms. The molecular weight excluding hydrogens is 417 g/mol. The van der Waals surface area contributed by atoms with Gasteiger partial charge in [-0.2, -0.15) is 18.3 Å². The van der Waals surface area contributed by atoms with Crippen LogP contribution >= 0.6 is 11.6 Å². The van der Waals surface area contributed by atoms with Crippen LogP contribution in [0.1, 0.15) is 16.1 Å². The lowest BCUT2D eigenvalue weighted by molar-refractivity contribution is -0.127. The molecule has 0 radical (unpaired) electrons. The summed E-state index contributed by atoms with van der Waals surface area (Å²) in [6.45, 7) is 0. The predicted molar refractivity (Wildman–Crippen MR) is 97.3 cm³/mol. The minimum absolute atomic E-state index is 0.177. The first-order chi connectivity index (χ1) is 13.5. The molecule has 4 nitrogen and oxygen atoms in total. The number of aryl methyl sites for hydroxylation is 1. The van der Waals surface area contributed by atoms with Crippen LogP contribution in [0.4, 0.5) is 22.0 Å². The maximum atomic E-state index is 14.8. The molecular formula is C19H13ClF5N3O. The van der Waals surface area contributed by atoms with Crippen molar-refractivity contribution in [1.82, 2.24) is 9.78 Å². The number of hydrogen-bond donors (Lipinski definition) is 1. The highest BCUT2D eigenvalue weighted by Gasteiger charge is 2.34. The first-order valence-electron chi connectivity index (χ1n) is 8.16. The van der Waals surface area contributed by atoms with Gasteiger partial charge >= 0.3 is 6.18 Å². The molecule has 152 valence electrons. The topological polar surface area (TPSA) is 60.9 Å². The number of aromatic nitrogens is 2. The van der Waals surface area contributed by atoms with Crippen molar-refractivity contribution in [2.45, 2.75) is 12.6 Å². The molecule has 0 saturated carbocycles.